The molecule has 0 atom stereocenters. The molecule has 0 aliphatic carbocycles. The average Bonchev–Trinajstić information content (AvgIpc) is 2.97. The monoisotopic (exact) mass is 545 g/mol. The zero-order valence-electron chi connectivity index (χ0n) is 18.2. The van der Waals surface area contributed by atoms with E-state index in [2.05, 4.69) is 127 Å². The van der Waals surface area contributed by atoms with Gasteiger partial charge in [-0.2, -0.15) is 0 Å². The van der Waals surface area contributed by atoms with E-state index in [1.165, 1.54) is 32.9 Å². The van der Waals surface area contributed by atoms with E-state index in [0.717, 1.165) is 14.6 Å². The summed E-state index contributed by atoms with van der Waals surface area (Å²) in [6.07, 6.45) is 0. The molecular formula is C26H26Br2ClN. The third kappa shape index (κ3) is 3.74. The first kappa shape index (κ1) is 21.9. The van der Waals surface area contributed by atoms with Crippen LogP contribution in [0.15, 0.2) is 57.5 Å². The molecule has 0 bridgehead atoms. The van der Waals surface area contributed by atoms with Crippen LogP contribution in [0.25, 0.3) is 27.5 Å². The summed E-state index contributed by atoms with van der Waals surface area (Å²) in [7, 11) is 0. The van der Waals surface area contributed by atoms with Crippen LogP contribution in [-0.4, -0.2) is 4.57 Å². The van der Waals surface area contributed by atoms with Crippen molar-refractivity contribution in [1.29, 1.82) is 0 Å². The first-order chi connectivity index (χ1) is 13.9. The van der Waals surface area contributed by atoms with E-state index in [-0.39, 0.29) is 10.8 Å². The second kappa shape index (κ2) is 7.39. The van der Waals surface area contributed by atoms with Gasteiger partial charge in [0.2, 0.25) is 0 Å². The molecule has 4 rings (SSSR count). The first-order valence-corrected chi connectivity index (χ1v) is 12.1. The van der Waals surface area contributed by atoms with Crippen LogP contribution >= 0.6 is 43.5 Å². The maximum Gasteiger partial charge on any atom is 0.0691 e. The zero-order chi connectivity index (χ0) is 22.0. The molecule has 0 aliphatic heterocycles. The van der Waals surface area contributed by atoms with Crippen LogP contribution in [0.5, 0.6) is 0 Å². The van der Waals surface area contributed by atoms with Gasteiger partial charge >= 0.3 is 0 Å². The number of nitrogens with zero attached hydrogens (tertiary/aromatic N) is 1. The Morgan fingerprint density at radius 3 is 1.43 bits per heavy atom. The Hall–Kier alpha value is -1.29. The molecule has 1 heterocycles. The molecule has 0 spiro atoms. The summed E-state index contributed by atoms with van der Waals surface area (Å²) in [5, 5.41) is 3.25. The first-order valence-electron chi connectivity index (χ1n) is 10.1. The van der Waals surface area contributed by atoms with Gasteiger partial charge < -0.3 is 4.57 Å². The molecule has 156 valence electrons. The van der Waals surface area contributed by atoms with E-state index < -0.39 is 0 Å². The molecule has 0 saturated carbocycles. The smallest absolute Gasteiger partial charge is 0.0691 e. The van der Waals surface area contributed by atoms with Crippen LogP contribution < -0.4 is 0 Å². The van der Waals surface area contributed by atoms with Crippen LogP contribution in [-0.2, 0) is 10.8 Å². The highest BCUT2D eigenvalue weighted by Gasteiger charge is 2.21. The van der Waals surface area contributed by atoms with Gasteiger partial charge in [-0.3, -0.25) is 0 Å². The molecule has 0 aliphatic rings. The Balaban J connectivity index is 2.14. The molecular weight excluding hydrogens is 522 g/mol. The SMILES string of the molecule is CC(C)(C)c1ccc2c(c1)c1cc(C(C)(C)C)ccc1n2-c1cc(Br)c(Cl)c(Br)c1. The third-order valence-corrected chi connectivity index (χ3v) is 7.84. The highest BCUT2D eigenvalue weighted by atomic mass is 79.9. The van der Waals surface area contributed by atoms with Crippen LogP contribution in [0.2, 0.25) is 5.02 Å². The highest BCUT2D eigenvalue weighted by molar-refractivity contribution is 9.11. The van der Waals surface area contributed by atoms with Crippen LogP contribution in [0, 0.1) is 0 Å². The number of hydrogen-bond donors (Lipinski definition) is 0. The molecule has 0 N–H and O–H groups in total. The lowest BCUT2D eigenvalue weighted by Gasteiger charge is -2.19. The van der Waals surface area contributed by atoms with Gasteiger partial charge in [-0.1, -0.05) is 65.3 Å². The summed E-state index contributed by atoms with van der Waals surface area (Å²) in [4.78, 5) is 0. The topological polar surface area (TPSA) is 4.93 Å². The van der Waals surface area contributed by atoms with Crippen LogP contribution in [0.4, 0.5) is 0 Å². The number of halogens is 3. The summed E-state index contributed by atoms with van der Waals surface area (Å²) in [5.41, 5.74) is 6.34. The van der Waals surface area contributed by atoms with E-state index in [1.54, 1.807) is 0 Å². The Morgan fingerprint density at radius 2 is 1.07 bits per heavy atom. The van der Waals surface area contributed by atoms with Crippen molar-refractivity contribution in [3.05, 3.63) is 73.6 Å². The van der Waals surface area contributed by atoms with Crippen LogP contribution in [0.1, 0.15) is 52.7 Å². The lowest BCUT2D eigenvalue weighted by molar-refractivity contribution is 0.590. The molecule has 4 heteroatoms. The quantitative estimate of drug-likeness (QED) is 0.209. The number of aromatic nitrogens is 1. The van der Waals surface area contributed by atoms with Gasteiger partial charge in [0.1, 0.15) is 0 Å². The molecule has 1 nitrogen and oxygen atoms in total. The Kier molecular flexibility index (Phi) is 5.40. The summed E-state index contributed by atoms with van der Waals surface area (Å²) < 4.78 is 4.08. The van der Waals surface area contributed by atoms with E-state index in [0.29, 0.717) is 5.02 Å². The maximum absolute atomic E-state index is 6.39. The van der Waals surface area contributed by atoms with Crippen molar-refractivity contribution in [3.63, 3.8) is 0 Å². The minimum atomic E-state index is 0.0938. The predicted molar refractivity (Wildman–Crippen MR) is 139 cm³/mol. The van der Waals surface area contributed by atoms with Gasteiger partial charge in [0.25, 0.3) is 0 Å². The highest BCUT2D eigenvalue weighted by Crippen LogP contribution is 2.40. The Labute approximate surface area is 200 Å². The van der Waals surface area contributed by atoms with Crippen molar-refractivity contribution >= 4 is 65.3 Å². The summed E-state index contributed by atoms with van der Waals surface area (Å²) in [6.45, 7) is 13.6. The number of hydrogen-bond acceptors (Lipinski definition) is 0. The fourth-order valence-electron chi connectivity index (χ4n) is 3.91. The molecule has 4 aromatic rings. The van der Waals surface area contributed by atoms with Gasteiger partial charge in [-0.05, 0) is 90.2 Å². The molecule has 0 radical (unpaired) electrons. The minimum Gasteiger partial charge on any atom is -0.309 e. The number of benzene rings is 3. The van der Waals surface area contributed by atoms with Crippen molar-refractivity contribution in [2.75, 3.05) is 0 Å². The second-order valence-corrected chi connectivity index (χ2v) is 12.1. The summed E-state index contributed by atoms with van der Waals surface area (Å²) >= 11 is 13.6. The number of rotatable bonds is 1. The van der Waals surface area contributed by atoms with E-state index >= 15 is 0 Å². The maximum atomic E-state index is 6.39. The Bertz CT molecular complexity index is 1190. The van der Waals surface area contributed by atoms with Crippen molar-refractivity contribution in [1.82, 2.24) is 4.57 Å². The predicted octanol–water partition coefficient (Wildman–Crippen LogP) is 9.56. The molecule has 1 aromatic heterocycles. The normalized spacial score (nSPS) is 12.8. The van der Waals surface area contributed by atoms with E-state index in [9.17, 15) is 0 Å². The molecule has 0 fully saturated rings. The fourth-order valence-corrected chi connectivity index (χ4v) is 5.18. The molecule has 0 amide bonds. The summed E-state index contributed by atoms with van der Waals surface area (Å²) in [5.74, 6) is 0. The Morgan fingerprint density at radius 1 is 0.667 bits per heavy atom. The van der Waals surface area contributed by atoms with Gasteiger partial charge in [0.15, 0.2) is 0 Å². The van der Waals surface area contributed by atoms with Gasteiger partial charge in [0, 0.05) is 25.4 Å². The lowest BCUT2D eigenvalue weighted by Crippen LogP contribution is -2.10. The molecule has 0 unspecified atom stereocenters. The second-order valence-electron chi connectivity index (χ2n) is 10.0. The van der Waals surface area contributed by atoms with Crippen molar-refractivity contribution in [2.45, 2.75) is 52.4 Å². The molecule has 0 saturated heterocycles. The molecule has 30 heavy (non-hydrogen) atoms. The van der Waals surface area contributed by atoms with Crippen molar-refractivity contribution < 1.29 is 0 Å². The summed E-state index contributed by atoms with van der Waals surface area (Å²) in [6, 6.07) is 17.9. The number of fused-ring (bicyclic) bond motifs is 3. The van der Waals surface area contributed by atoms with Crippen molar-refractivity contribution in [2.24, 2.45) is 0 Å². The standard InChI is InChI=1S/C26H26Br2ClN/c1-25(2,3)15-7-9-22-18(11-15)19-12-16(26(4,5)6)8-10-23(19)30(22)17-13-20(27)24(29)21(28)14-17/h7-14H,1-6H3. The largest absolute Gasteiger partial charge is 0.309 e. The van der Waals surface area contributed by atoms with Gasteiger partial charge in [-0.15, -0.1) is 0 Å². The van der Waals surface area contributed by atoms with Gasteiger partial charge in [-0.25, -0.2) is 0 Å². The average molecular weight is 548 g/mol. The van der Waals surface area contributed by atoms with Crippen molar-refractivity contribution in [3.8, 4) is 5.69 Å². The lowest BCUT2D eigenvalue weighted by atomic mass is 9.85. The van der Waals surface area contributed by atoms with E-state index in [1.807, 2.05) is 0 Å². The minimum absolute atomic E-state index is 0.0938. The molecule has 3 aromatic carbocycles. The van der Waals surface area contributed by atoms with Crippen LogP contribution in [0.3, 0.4) is 0 Å². The van der Waals surface area contributed by atoms with Gasteiger partial charge in [0.05, 0.1) is 16.1 Å². The zero-order valence-corrected chi connectivity index (χ0v) is 22.1. The fraction of sp³-hybridized carbons (Fsp3) is 0.308. The third-order valence-electron chi connectivity index (χ3n) is 5.72. The van der Waals surface area contributed by atoms with E-state index in [4.69, 9.17) is 11.6 Å².